The van der Waals surface area contributed by atoms with Crippen molar-refractivity contribution < 1.29 is 23.1 Å². The summed E-state index contributed by atoms with van der Waals surface area (Å²) in [6.45, 7) is 7.16. The molecule has 6 nitrogen and oxygen atoms in total. The molecule has 0 aliphatic carbocycles. The zero-order valence-corrected chi connectivity index (χ0v) is 14.3. The number of carboxylic acid groups (broad SMARTS) is 1. The Balaban J connectivity index is 3.27. The molecule has 0 heterocycles. The molecule has 22 heavy (non-hydrogen) atoms. The van der Waals surface area contributed by atoms with Gasteiger partial charge in [-0.3, -0.25) is 4.79 Å². The first kappa shape index (κ1) is 18.4. The van der Waals surface area contributed by atoms with Crippen molar-refractivity contribution in [2.75, 3.05) is 7.11 Å². The Morgan fingerprint density at radius 1 is 1.32 bits per heavy atom. The topological polar surface area (TPSA) is 92.7 Å². The lowest BCUT2D eigenvalue weighted by molar-refractivity contribution is -0.139. The van der Waals surface area contributed by atoms with Crippen LogP contribution < -0.4 is 9.46 Å². The number of nitrogens with one attached hydrogen (secondary N) is 1. The number of sulfonamides is 1. The van der Waals surface area contributed by atoms with E-state index in [0.717, 1.165) is 5.56 Å². The molecule has 0 bridgehead atoms. The molecule has 1 aromatic rings. The average molecular weight is 329 g/mol. The quantitative estimate of drug-likeness (QED) is 0.799. The third-order valence-electron chi connectivity index (χ3n) is 3.18. The lowest BCUT2D eigenvalue weighted by Gasteiger charge is -2.19. The van der Waals surface area contributed by atoms with E-state index < -0.39 is 22.0 Å². The van der Waals surface area contributed by atoms with Crippen LogP contribution in [-0.2, 0) is 14.8 Å². The van der Waals surface area contributed by atoms with Crippen LogP contribution in [0.25, 0.3) is 0 Å². The third kappa shape index (κ3) is 4.45. The molecule has 1 aromatic carbocycles. The van der Waals surface area contributed by atoms with Gasteiger partial charge >= 0.3 is 5.97 Å². The van der Waals surface area contributed by atoms with Gasteiger partial charge in [-0.25, -0.2) is 8.42 Å². The minimum atomic E-state index is -4.00. The van der Waals surface area contributed by atoms with E-state index >= 15 is 0 Å². The van der Waals surface area contributed by atoms with Crippen LogP contribution in [0.1, 0.15) is 31.4 Å². The Morgan fingerprint density at radius 3 is 2.36 bits per heavy atom. The fraction of sp³-hybridized carbons (Fsp3) is 0.533. The predicted octanol–water partition coefficient (Wildman–Crippen LogP) is 2.09. The van der Waals surface area contributed by atoms with Gasteiger partial charge < -0.3 is 9.84 Å². The van der Waals surface area contributed by atoms with Gasteiger partial charge in [-0.05, 0) is 43.4 Å². The molecular formula is C15H23NO5S. The van der Waals surface area contributed by atoms with E-state index in [1.807, 2.05) is 20.8 Å². The highest BCUT2D eigenvalue weighted by Gasteiger charge is 2.29. The second-order valence-electron chi connectivity index (χ2n) is 5.75. The van der Waals surface area contributed by atoms with Gasteiger partial charge in [0.15, 0.2) is 0 Å². The lowest BCUT2D eigenvalue weighted by atomic mass is 10.1. The van der Waals surface area contributed by atoms with Crippen LogP contribution in [0, 0.1) is 19.8 Å². The Hall–Kier alpha value is -1.60. The van der Waals surface area contributed by atoms with Crippen molar-refractivity contribution in [3.8, 4) is 5.75 Å². The summed E-state index contributed by atoms with van der Waals surface area (Å²) >= 11 is 0. The first-order chi connectivity index (χ1) is 10.1. The Morgan fingerprint density at radius 2 is 1.91 bits per heavy atom. The van der Waals surface area contributed by atoms with Gasteiger partial charge in [-0.2, -0.15) is 4.72 Å². The molecule has 2 N–H and O–H groups in total. The van der Waals surface area contributed by atoms with Gasteiger partial charge in [-0.15, -0.1) is 0 Å². The number of rotatable bonds is 7. The molecule has 0 aliphatic rings. The van der Waals surface area contributed by atoms with Crippen LogP contribution in [0.15, 0.2) is 17.0 Å². The average Bonchev–Trinajstić information content (AvgIpc) is 2.35. The number of hydrogen-bond donors (Lipinski definition) is 2. The number of methoxy groups -OCH3 is 1. The molecule has 0 saturated carbocycles. The number of aryl methyl sites for hydroxylation is 2. The highest BCUT2D eigenvalue weighted by molar-refractivity contribution is 7.89. The van der Waals surface area contributed by atoms with Crippen molar-refractivity contribution in [1.82, 2.24) is 4.72 Å². The highest BCUT2D eigenvalue weighted by atomic mass is 32.2. The van der Waals surface area contributed by atoms with Gasteiger partial charge in [0.25, 0.3) is 0 Å². The van der Waals surface area contributed by atoms with E-state index in [2.05, 4.69) is 4.72 Å². The Bertz CT molecular complexity index is 652. The maximum atomic E-state index is 12.6. The zero-order chi connectivity index (χ0) is 17.1. The highest BCUT2D eigenvalue weighted by Crippen LogP contribution is 2.29. The molecule has 124 valence electrons. The summed E-state index contributed by atoms with van der Waals surface area (Å²) in [5.74, 6) is -0.940. The molecule has 0 saturated heterocycles. The molecule has 0 fully saturated rings. The van der Waals surface area contributed by atoms with E-state index in [1.165, 1.54) is 7.11 Å². The van der Waals surface area contributed by atoms with Gasteiger partial charge in [0.2, 0.25) is 10.0 Å². The molecule has 1 atom stereocenters. The summed E-state index contributed by atoms with van der Waals surface area (Å²) in [5, 5.41) is 9.21. The van der Waals surface area contributed by atoms with Crippen LogP contribution in [0.3, 0.4) is 0 Å². The van der Waals surface area contributed by atoms with Gasteiger partial charge in [0.05, 0.1) is 7.11 Å². The SMILES string of the molecule is COc1cc(C)cc(C)c1S(=O)(=O)N[C@@H](CC(C)C)C(=O)O. The fourth-order valence-corrected chi connectivity index (χ4v) is 3.91. The lowest BCUT2D eigenvalue weighted by Crippen LogP contribution is -2.41. The molecular weight excluding hydrogens is 306 g/mol. The van der Waals surface area contributed by atoms with Crippen LogP contribution in [0.2, 0.25) is 0 Å². The second-order valence-corrected chi connectivity index (χ2v) is 7.41. The molecule has 0 spiro atoms. The first-order valence-corrected chi connectivity index (χ1v) is 8.47. The summed E-state index contributed by atoms with van der Waals surface area (Å²) in [6, 6.07) is 2.16. The van der Waals surface area contributed by atoms with Crippen LogP contribution >= 0.6 is 0 Å². The minimum Gasteiger partial charge on any atom is -0.495 e. The second kappa shape index (κ2) is 7.11. The van der Waals surface area contributed by atoms with Crippen molar-refractivity contribution in [3.63, 3.8) is 0 Å². The monoisotopic (exact) mass is 329 g/mol. The van der Waals surface area contributed by atoms with Crippen LogP contribution in [0.5, 0.6) is 5.75 Å². The zero-order valence-electron chi connectivity index (χ0n) is 13.5. The van der Waals surface area contributed by atoms with Crippen LogP contribution in [-0.4, -0.2) is 32.6 Å². The summed E-state index contributed by atoms with van der Waals surface area (Å²) in [7, 11) is -2.61. The number of benzene rings is 1. The fourth-order valence-electron chi connectivity index (χ4n) is 2.33. The smallest absolute Gasteiger partial charge is 0.321 e. The number of carboxylic acids is 1. The Labute approximate surface area is 131 Å². The van der Waals surface area contributed by atoms with E-state index in [4.69, 9.17) is 4.74 Å². The normalized spacial score (nSPS) is 13.2. The predicted molar refractivity (Wildman–Crippen MR) is 83.7 cm³/mol. The molecule has 0 amide bonds. The molecule has 1 rings (SSSR count). The van der Waals surface area contributed by atoms with Crippen LogP contribution in [0.4, 0.5) is 0 Å². The summed E-state index contributed by atoms with van der Waals surface area (Å²) < 4.78 is 32.6. The summed E-state index contributed by atoms with van der Waals surface area (Å²) in [5.41, 5.74) is 1.38. The van der Waals surface area contributed by atoms with Crippen molar-refractivity contribution in [2.45, 2.75) is 45.1 Å². The number of ether oxygens (including phenoxy) is 1. The molecule has 0 aromatic heterocycles. The van der Waals surface area contributed by atoms with Gasteiger partial charge in [0, 0.05) is 0 Å². The van der Waals surface area contributed by atoms with E-state index in [-0.39, 0.29) is 23.0 Å². The van der Waals surface area contributed by atoms with Crippen molar-refractivity contribution >= 4 is 16.0 Å². The van der Waals surface area contributed by atoms with Crippen molar-refractivity contribution in [1.29, 1.82) is 0 Å². The minimum absolute atomic E-state index is 0.0180. The van der Waals surface area contributed by atoms with Crippen molar-refractivity contribution in [2.24, 2.45) is 5.92 Å². The largest absolute Gasteiger partial charge is 0.495 e. The molecule has 0 aliphatic heterocycles. The van der Waals surface area contributed by atoms with E-state index in [0.29, 0.717) is 5.56 Å². The molecule has 7 heteroatoms. The van der Waals surface area contributed by atoms with E-state index in [1.54, 1.807) is 19.1 Å². The van der Waals surface area contributed by atoms with Crippen molar-refractivity contribution in [3.05, 3.63) is 23.3 Å². The van der Waals surface area contributed by atoms with Gasteiger partial charge in [-0.1, -0.05) is 19.9 Å². The molecule has 0 radical (unpaired) electrons. The first-order valence-electron chi connectivity index (χ1n) is 6.98. The maximum Gasteiger partial charge on any atom is 0.321 e. The Kier molecular flexibility index (Phi) is 5.96. The number of aliphatic carboxylic acids is 1. The van der Waals surface area contributed by atoms with Gasteiger partial charge in [0.1, 0.15) is 16.7 Å². The maximum absolute atomic E-state index is 12.6. The number of carbonyl (C=O) groups is 1. The summed E-state index contributed by atoms with van der Waals surface area (Å²) in [6.07, 6.45) is 0.210. The van der Waals surface area contributed by atoms with E-state index in [9.17, 15) is 18.3 Å². The third-order valence-corrected chi connectivity index (χ3v) is 4.83. The number of hydrogen-bond acceptors (Lipinski definition) is 4. The molecule has 0 unspecified atom stereocenters. The summed E-state index contributed by atoms with van der Waals surface area (Å²) in [4.78, 5) is 11.3. The standard InChI is InChI=1S/C15H23NO5S/c1-9(2)6-12(15(17)18)16-22(19,20)14-11(4)7-10(3)8-13(14)21-5/h7-9,12,16H,6H2,1-5H3,(H,17,18)/t12-/m0/s1.